The van der Waals surface area contributed by atoms with Crippen molar-refractivity contribution in [2.75, 3.05) is 0 Å². The van der Waals surface area contributed by atoms with Crippen LogP contribution in [0, 0.1) is 0 Å². The number of imidazole rings is 1. The molecule has 0 aliphatic carbocycles. The van der Waals surface area contributed by atoms with Gasteiger partial charge in [0.2, 0.25) is 0 Å². The molecule has 0 bridgehead atoms. The van der Waals surface area contributed by atoms with Crippen LogP contribution in [0.5, 0.6) is 0 Å². The molecule has 0 spiro atoms. The standard InChI is InChI=1S/C16H23N3/c1-4-16(2,3)19-12-18-11-15(19)14(17)10-13-8-6-5-7-9-13/h5-9,11-12,14H,4,10,17H2,1-3H3/t14-/m1/s1. The molecule has 0 saturated carbocycles. The minimum atomic E-state index is -0.0178. The van der Waals surface area contributed by atoms with Gasteiger partial charge >= 0.3 is 0 Å². The average Bonchev–Trinajstić information content (AvgIpc) is 2.90. The van der Waals surface area contributed by atoms with Crippen LogP contribution in [0.1, 0.15) is 44.5 Å². The van der Waals surface area contributed by atoms with Crippen molar-refractivity contribution in [1.29, 1.82) is 0 Å². The predicted molar refractivity (Wildman–Crippen MR) is 78.9 cm³/mol. The Hall–Kier alpha value is -1.61. The highest BCUT2D eigenvalue weighted by Gasteiger charge is 2.23. The maximum atomic E-state index is 6.36. The molecular weight excluding hydrogens is 234 g/mol. The van der Waals surface area contributed by atoms with Crippen molar-refractivity contribution >= 4 is 0 Å². The van der Waals surface area contributed by atoms with Gasteiger partial charge in [-0.15, -0.1) is 0 Å². The molecule has 0 amide bonds. The summed E-state index contributed by atoms with van der Waals surface area (Å²) in [5.41, 5.74) is 8.79. The van der Waals surface area contributed by atoms with E-state index in [1.807, 2.05) is 18.6 Å². The Morgan fingerprint density at radius 2 is 1.95 bits per heavy atom. The lowest BCUT2D eigenvalue weighted by Crippen LogP contribution is -2.29. The monoisotopic (exact) mass is 257 g/mol. The molecule has 0 saturated heterocycles. The number of hydrogen-bond donors (Lipinski definition) is 1. The van der Waals surface area contributed by atoms with Crippen LogP contribution in [0.3, 0.4) is 0 Å². The molecule has 102 valence electrons. The molecule has 1 atom stereocenters. The lowest BCUT2D eigenvalue weighted by Gasteiger charge is -2.29. The minimum absolute atomic E-state index is 0.0178. The second kappa shape index (κ2) is 5.57. The van der Waals surface area contributed by atoms with Gasteiger partial charge in [-0.3, -0.25) is 0 Å². The number of nitrogens with two attached hydrogens (primary N) is 1. The first-order valence-electron chi connectivity index (χ1n) is 6.87. The van der Waals surface area contributed by atoms with Crippen LogP contribution in [0.25, 0.3) is 0 Å². The van der Waals surface area contributed by atoms with Gasteiger partial charge in [-0.05, 0) is 32.3 Å². The predicted octanol–water partition coefficient (Wildman–Crippen LogP) is 3.27. The molecule has 2 rings (SSSR count). The van der Waals surface area contributed by atoms with Gasteiger partial charge in [0.1, 0.15) is 0 Å². The second-order valence-electron chi connectivity index (χ2n) is 5.65. The zero-order valence-electron chi connectivity index (χ0n) is 12.0. The molecule has 0 unspecified atom stereocenters. The summed E-state index contributed by atoms with van der Waals surface area (Å²) < 4.78 is 2.21. The number of aromatic nitrogens is 2. The Bertz CT molecular complexity index is 514. The van der Waals surface area contributed by atoms with E-state index in [9.17, 15) is 0 Å². The molecule has 0 aliphatic rings. The number of hydrogen-bond acceptors (Lipinski definition) is 2. The molecule has 3 nitrogen and oxygen atoms in total. The van der Waals surface area contributed by atoms with Gasteiger partial charge in [-0.25, -0.2) is 4.98 Å². The fraction of sp³-hybridized carbons (Fsp3) is 0.438. The third-order valence-corrected chi connectivity index (χ3v) is 3.86. The highest BCUT2D eigenvalue weighted by Crippen LogP contribution is 2.25. The van der Waals surface area contributed by atoms with Crippen LogP contribution in [0.15, 0.2) is 42.9 Å². The van der Waals surface area contributed by atoms with E-state index in [0.29, 0.717) is 0 Å². The summed E-state index contributed by atoms with van der Waals surface area (Å²) in [5, 5.41) is 0. The lowest BCUT2D eigenvalue weighted by molar-refractivity contribution is 0.326. The molecule has 1 heterocycles. The van der Waals surface area contributed by atoms with Crippen molar-refractivity contribution in [2.45, 2.75) is 45.2 Å². The van der Waals surface area contributed by atoms with Crippen LogP contribution >= 0.6 is 0 Å². The molecule has 2 N–H and O–H groups in total. The molecule has 1 aromatic carbocycles. The zero-order chi connectivity index (χ0) is 13.9. The molecule has 19 heavy (non-hydrogen) atoms. The number of rotatable bonds is 5. The zero-order valence-corrected chi connectivity index (χ0v) is 12.0. The Kier molecular flexibility index (Phi) is 4.05. The summed E-state index contributed by atoms with van der Waals surface area (Å²) in [6, 6.07) is 10.3. The van der Waals surface area contributed by atoms with Crippen molar-refractivity contribution in [3.63, 3.8) is 0 Å². The smallest absolute Gasteiger partial charge is 0.0953 e. The molecule has 0 aliphatic heterocycles. The normalized spacial score (nSPS) is 13.5. The van der Waals surface area contributed by atoms with Gasteiger partial charge < -0.3 is 10.3 Å². The minimum Gasteiger partial charge on any atom is -0.328 e. The topological polar surface area (TPSA) is 43.8 Å². The van der Waals surface area contributed by atoms with Crippen LogP contribution < -0.4 is 5.73 Å². The van der Waals surface area contributed by atoms with Crippen LogP contribution in [0.2, 0.25) is 0 Å². The fourth-order valence-electron chi connectivity index (χ4n) is 2.23. The van der Waals surface area contributed by atoms with Crippen molar-refractivity contribution < 1.29 is 0 Å². The van der Waals surface area contributed by atoms with Gasteiger partial charge in [-0.1, -0.05) is 37.3 Å². The third-order valence-electron chi connectivity index (χ3n) is 3.86. The molecular formula is C16H23N3. The number of nitrogens with zero attached hydrogens (tertiary/aromatic N) is 2. The molecule has 0 radical (unpaired) electrons. The fourth-order valence-corrected chi connectivity index (χ4v) is 2.23. The van der Waals surface area contributed by atoms with E-state index in [4.69, 9.17) is 5.73 Å². The summed E-state index contributed by atoms with van der Waals surface area (Å²) in [4.78, 5) is 4.28. The Labute approximate surface area is 115 Å². The average molecular weight is 257 g/mol. The van der Waals surface area contributed by atoms with Crippen LogP contribution in [-0.2, 0) is 12.0 Å². The summed E-state index contributed by atoms with van der Waals surface area (Å²) >= 11 is 0. The molecule has 1 aromatic heterocycles. The van der Waals surface area contributed by atoms with Crippen molar-refractivity contribution in [1.82, 2.24) is 9.55 Å². The lowest BCUT2D eigenvalue weighted by atomic mass is 9.99. The van der Waals surface area contributed by atoms with Crippen molar-refractivity contribution in [3.05, 3.63) is 54.1 Å². The summed E-state index contributed by atoms with van der Waals surface area (Å²) in [5.74, 6) is 0. The van der Waals surface area contributed by atoms with Gasteiger partial charge in [0.15, 0.2) is 0 Å². The maximum absolute atomic E-state index is 6.36. The van der Waals surface area contributed by atoms with E-state index in [0.717, 1.165) is 18.5 Å². The summed E-state index contributed by atoms with van der Waals surface area (Å²) in [7, 11) is 0. The van der Waals surface area contributed by atoms with E-state index < -0.39 is 0 Å². The van der Waals surface area contributed by atoms with Gasteiger partial charge in [0.05, 0.1) is 18.1 Å². The largest absolute Gasteiger partial charge is 0.328 e. The number of benzene rings is 1. The summed E-state index contributed by atoms with van der Waals surface area (Å²) in [6.45, 7) is 6.62. The first kappa shape index (κ1) is 13.8. The SMILES string of the molecule is CCC(C)(C)n1cncc1[C@H](N)Cc1ccccc1. The third kappa shape index (κ3) is 3.04. The molecule has 0 fully saturated rings. The molecule has 2 aromatic rings. The van der Waals surface area contributed by atoms with Crippen molar-refractivity contribution in [2.24, 2.45) is 5.73 Å². The van der Waals surface area contributed by atoms with Crippen LogP contribution in [-0.4, -0.2) is 9.55 Å². The summed E-state index contributed by atoms with van der Waals surface area (Å²) in [6.07, 6.45) is 5.68. The van der Waals surface area contributed by atoms with Gasteiger partial charge in [0, 0.05) is 11.7 Å². The van der Waals surface area contributed by atoms with Crippen molar-refractivity contribution in [3.8, 4) is 0 Å². The quantitative estimate of drug-likeness (QED) is 0.893. The Balaban J connectivity index is 2.21. The van der Waals surface area contributed by atoms with Crippen LogP contribution in [0.4, 0.5) is 0 Å². The highest BCUT2D eigenvalue weighted by molar-refractivity contribution is 5.19. The van der Waals surface area contributed by atoms with E-state index >= 15 is 0 Å². The second-order valence-corrected chi connectivity index (χ2v) is 5.65. The first-order chi connectivity index (χ1) is 9.04. The first-order valence-corrected chi connectivity index (χ1v) is 6.87. The van der Waals surface area contributed by atoms with E-state index in [1.54, 1.807) is 0 Å². The van der Waals surface area contributed by atoms with E-state index in [2.05, 4.69) is 54.6 Å². The molecule has 3 heteroatoms. The maximum Gasteiger partial charge on any atom is 0.0953 e. The highest BCUT2D eigenvalue weighted by atomic mass is 15.1. The van der Waals surface area contributed by atoms with Gasteiger partial charge in [0.25, 0.3) is 0 Å². The Morgan fingerprint density at radius 3 is 2.58 bits per heavy atom. The van der Waals surface area contributed by atoms with E-state index in [-0.39, 0.29) is 11.6 Å². The van der Waals surface area contributed by atoms with E-state index in [1.165, 1.54) is 5.56 Å². The Morgan fingerprint density at radius 1 is 1.26 bits per heavy atom. The van der Waals surface area contributed by atoms with Gasteiger partial charge in [-0.2, -0.15) is 0 Å².